The Morgan fingerprint density at radius 3 is 2.26 bits per heavy atom. The molecule has 23 heavy (non-hydrogen) atoms. The summed E-state index contributed by atoms with van der Waals surface area (Å²) in [5.74, 6) is -0.649. The van der Waals surface area contributed by atoms with E-state index in [2.05, 4.69) is 0 Å². The molecule has 0 spiro atoms. The first kappa shape index (κ1) is 14.6. The van der Waals surface area contributed by atoms with E-state index in [0.29, 0.717) is 16.7 Å². The van der Waals surface area contributed by atoms with Gasteiger partial charge in [-0.3, -0.25) is 24.6 Å². The van der Waals surface area contributed by atoms with Gasteiger partial charge in [-0.1, -0.05) is 36.4 Å². The Morgan fingerprint density at radius 1 is 1.00 bits per heavy atom. The van der Waals surface area contributed by atoms with Crippen LogP contribution in [0.15, 0.2) is 54.6 Å². The van der Waals surface area contributed by atoms with Gasteiger partial charge in [0.15, 0.2) is 0 Å². The van der Waals surface area contributed by atoms with Gasteiger partial charge in [-0.25, -0.2) is 0 Å². The number of nitrogens with zero attached hydrogens (tertiary/aromatic N) is 2. The molecule has 114 valence electrons. The first-order chi connectivity index (χ1) is 11.1. The molecule has 0 aromatic heterocycles. The molecule has 0 aliphatic carbocycles. The molecule has 0 bridgehead atoms. The summed E-state index contributed by atoms with van der Waals surface area (Å²) in [6.07, 6.45) is 3.29. The van der Waals surface area contributed by atoms with Crippen molar-refractivity contribution in [2.24, 2.45) is 0 Å². The normalized spacial score (nSPS) is 13.7. The van der Waals surface area contributed by atoms with Crippen molar-refractivity contribution in [3.05, 3.63) is 81.4 Å². The molecule has 6 heteroatoms. The van der Waals surface area contributed by atoms with Crippen molar-refractivity contribution in [2.75, 3.05) is 6.54 Å². The first-order valence-corrected chi connectivity index (χ1v) is 6.94. The van der Waals surface area contributed by atoms with Crippen molar-refractivity contribution in [3.8, 4) is 0 Å². The van der Waals surface area contributed by atoms with Gasteiger partial charge in [0, 0.05) is 18.7 Å². The average molecular weight is 308 g/mol. The van der Waals surface area contributed by atoms with Gasteiger partial charge >= 0.3 is 0 Å². The number of imide groups is 1. The van der Waals surface area contributed by atoms with Crippen molar-refractivity contribution >= 4 is 23.6 Å². The second-order valence-electron chi connectivity index (χ2n) is 5.02. The third kappa shape index (κ3) is 2.74. The van der Waals surface area contributed by atoms with Gasteiger partial charge in [-0.2, -0.15) is 0 Å². The molecule has 0 saturated carbocycles. The molecule has 2 aromatic carbocycles. The van der Waals surface area contributed by atoms with Crippen molar-refractivity contribution < 1.29 is 14.5 Å². The summed E-state index contributed by atoms with van der Waals surface area (Å²) in [5.41, 5.74) is 1.44. The summed E-state index contributed by atoms with van der Waals surface area (Å²) >= 11 is 0. The van der Waals surface area contributed by atoms with Crippen molar-refractivity contribution in [2.45, 2.75) is 0 Å². The van der Waals surface area contributed by atoms with E-state index in [1.54, 1.807) is 48.6 Å². The largest absolute Gasteiger partial charge is 0.270 e. The van der Waals surface area contributed by atoms with Gasteiger partial charge in [0.2, 0.25) is 0 Å². The van der Waals surface area contributed by atoms with Gasteiger partial charge in [0.1, 0.15) is 0 Å². The molecule has 0 unspecified atom stereocenters. The smallest absolute Gasteiger partial charge is 0.270 e. The Morgan fingerprint density at radius 2 is 1.65 bits per heavy atom. The molecule has 0 fully saturated rings. The number of carbonyl (C=O) groups excluding carboxylic acids is 2. The van der Waals surface area contributed by atoms with Gasteiger partial charge in [-0.15, -0.1) is 0 Å². The number of amides is 2. The lowest BCUT2D eigenvalue weighted by Gasteiger charge is -2.10. The van der Waals surface area contributed by atoms with Crippen LogP contribution in [0.5, 0.6) is 0 Å². The minimum atomic E-state index is -0.471. The molecule has 0 atom stereocenters. The Labute approximate surface area is 131 Å². The van der Waals surface area contributed by atoms with Crippen LogP contribution >= 0.6 is 0 Å². The predicted molar refractivity (Wildman–Crippen MR) is 83.9 cm³/mol. The van der Waals surface area contributed by atoms with E-state index in [4.69, 9.17) is 0 Å². The zero-order chi connectivity index (χ0) is 16.4. The molecular weight excluding hydrogens is 296 g/mol. The molecule has 1 aliphatic rings. The zero-order valence-electron chi connectivity index (χ0n) is 12.0. The molecule has 0 saturated heterocycles. The molecule has 1 aliphatic heterocycles. The summed E-state index contributed by atoms with van der Waals surface area (Å²) in [4.78, 5) is 35.8. The highest BCUT2D eigenvalue weighted by atomic mass is 16.6. The monoisotopic (exact) mass is 308 g/mol. The maximum Gasteiger partial charge on any atom is 0.270 e. The summed E-state index contributed by atoms with van der Waals surface area (Å²) in [5, 5.41) is 10.7. The quantitative estimate of drug-likeness (QED) is 0.494. The minimum absolute atomic E-state index is 0.00659. The number of carbonyl (C=O) groups is 2. The van der Waals surface area contributed by atoms with Crippen molar-refractivity contribution in [3.63, 3.8) is 0 Å². The molecule has 6 nitrogen and oxygen atoms in total. The van der Waals surface area contributed by atoms with E-state index in [-0.39, 0.29) is 24.0 Å². The third-order valence-corrected chi connectivity index (χ3v) is 3.56. The number of hydrogen-bond acceptors (Lipinski definition) is 4. The number of hydrogen-bond donors (Lipinski definition) is 0. The highest BCUT2D eigenvalue weighted by molar-refractivity contribution is 6.21. The van der Waals surface area contributed by atoms with Crippen LogP contribution in [0.1, 0.15) is 26.3 Å². The molecular formula is C17H12N2O4. The molecule has 2 amide bonds. The molecule has 2 aromatic rings. The van der Waals surface area contributed by atoms with Crippen LogP contribution in [0.3, 0.4) is 0 Å². The fraction of sp³-hybridized carbons (Fsp3) is 0.0588. The van der Waals surface area contributed by atoms with E-state index >= 15 is 0 Å². The summed E-state index contributed by atoms with van der Waals surface area (Å²) in [7, 11) is 0. The number of nitro benzene ring substituents is 1. The summed E-state index contributed by atoms with van der Waals surface area (Å²) < 4.78 is 0. The number of benzene rings is 2. The highest BCUT2D eigenvalue weighted by Crippen LogP contribution is 2.22. The second-order valence-corrected chi connectivity index (χ2v) is 5.02. The Hall–Kier alpha value is -3.28. The Bertz CT molecular complexity index is 807. The number of fused-ring (bicyclic) bond motifs is 1. The second kappa shape index (κ2) is 5.84. The van der Waals surface area contributed by atoms with Crippen LogP contribution < -0.4 is 0 Å². The van der Waals surface area contributed by atoms with Crippen LogP contribution in [0.4, 0.5) is 5.69 Å². The summed E-state index contributed by atoms with van der Waals surface area (Å²) in [6, 6.07) is 12.8. The van der Waals surface area contributed by atoms with E-state index in [0.717, 1.165) is 4.90 Å². The van der Waals surface area contributed by atoms with E-state index in [1.807, 2.05) is 0 Å². The number of rotatable bonds is 4. The van der Waals surface area contributed by atoms with Gasteiger partial charge < -0.3 is 0 Å². The zero-order valence-corrected chi connectivity index (χ0v) is 12.0. The first-order valence-electron chi connectivity index (χ1n) is 6.94. The van der Waals surface area contributed by atoms with Crippen LogP contribution in [0.25, 0.3) is 6.08 Å². The Balaban J connectivity index is 1.74. The average Bonchev–Trinajstić information content (AvgIpc) is 2.80. The number of nitro groups is 1. The van der Waals surface area contributed by atoms with Crippen LogP contribution in [-0.2, 0) is 0 Å². The minimum Gasteiger partial charge on any atom is -0.270 e. The van der Waals surface area contributed by atoms with Crippen LogP contribution in [0.2, 0.25) is 0 Å². The molecule has 1 heterocycles. The van der Waals surface area contributed by atoms with Gasteiger partial charge in [-0.05, 0) is 17.7 Å². The van der Waals surface area contributed by atoms with Crippen molar-refractivity contribution in [1.29, 1.82) is 0 Å². The van der Waals surface area contributed by atoms with Crippen LogP contribution in [-0.4, -0.2) is 28.2 Å². The lowest BCUT2D eigenvalue weighted by Crippen LogP contribution is -2.29. The number of non-ortho nitro benzene ring substituents is 1. The van der Waals surface area contributed by atoms with E-state index < -0.39 is 4.92 Å². The van der Waals surface area contributed by atoms with E-state index in [9.17, 15) is 19.7 Å². The lowest BCUT2D eigenvalue weighted by molar-refractivity contribution is -0.384. The molecule has 0 radical (unpaired) electrons. The standard InChI is InChI=1S/C17H12N2O4/c20-16-14-8-1-2-9-15(14)17(21)18(16)10-4-6-12-5-3-7-13(11-12)19(22)23/h1-9,11H,10H2. The fourth-order valence-electron chi connectivity index (χ4n) is 2.44. The van der Waals surface area contributed by atoms with Crippen LogP contribution in [0, 0.1) is 10.1 Å². The SMILES string of the molecule is O=C1c2ccccc2C(=O)N1CC=Cc1cccc([N+](=O)[O-])c1. The maximum absolute atomic E-state index is 12.2. The highest BCUT2D eigenvalue weighted by Gasteiger charge is 2.33. The molecule has 0 N–H and O–H groups in total. The van der Waals surface area contributed by atoms with Gasteiger partial charge in [0.05, 0.1) is 16.1 Å². The van der Waals surface area contributed by atoms with E-state index in [1.165, 1.54) is 12.1 Å². The third-order valence-electron chi connectivity index (χ3n) is 3.56. The lowest BCUT2D eigenvalue weighted by atomic mass is 10.1. The fourth-order valence-corrected chi connectivity index (χ4v) is 2.44. The topological polar surface area (TPSA) is 80.5 Å². The predicted octanol–water partition coefficient (Wildman–Crippen LogP) is 2.90. The van der Waals surface area contributed by atoms with Crippen molar-refractivity contribution in [1.82, 2.24) is 4.90 Å². The molecule has 3 rings (SSSR count). The maximum atomic E-state index is 12.2. The van der Waals surface area contributed by atoms with Gasteiger partial charge in [0.25, 0.3) is 17.5 Å². The Kier molecular flexibility index (Phi) is 3.72. The summed E-state index contributed by atoms with van der Waals surface area (Å²) in [6.45, 7) is 0.120.